The molecule has 1 nitrogen and oxygen atoms in total. The Morgan fingerprint density at radius 3 is 2.60 bits per heavy atom. The summed E-state index contributed by atoms with van der Waals surface area (Å²) in [6.45, 7) is 0. The summed E-state index contributed by atoms with van der Waals surface area (Å²) in [7, 11) is 0. The van der Waals surface area contributed by atoms with Gasteiger partial charge in [0, 0.05) is 10.3 Å². The van der Waals surface area contributed by atoms with Gasteiger partial charge in [-0.05, 0) is 17.5 Å². The summed E-state index contributed by atoms with van der Waals surface area (Å²) in [6.07, 6.45) is 5.23. The molecule has 2 rings (SSSR count). The average molecular weight is 214 g/mol. The average Bonchev–Trinajstić information content (AvgIpc) is 2.29. The van der Waals surface area contributed by atoms with E-state index in [0.717, 1.165) is 15.7 Å². The molecule has 1 N–H and O–H groups in total. The maximum absolute atomic E-state index is 9.67. The molecule has 15 heavy (non-hydrogen) atoms. The van der Waals surface area contributed by atoms with E-state index in [0.29, 0.717) is 11.5 Å². The summed E-state index contributed by atoms with van der Waals surface area (Å²) in [5.41, 5.74) is 0. The van der Waals surface area contributed by atoms with E-state index in [9.17, 15) is 5.11 Å². The molecule has 0 aliphatic rings. The highest BCUT2D eigenvalue weighted by molar-refractivity contribution is 7.99. The van der Waals surface area contributed by atoms with E-state index in [1.165, 1.54) is 0 Å². The molecule has 2 heteroatoms. The summed E-state index contributed by atoms with van der Waals surface area (Å²) in [6, 6.07) is 11.4. The quantitative estimate of drug-likeness (QED) is 0.611. The van der Waals surface area contributed by atoms with E-state index in [2.05, 4.69) is 5.92 Å². The topological polar surface area (TPSA) is 20.2 Å². The third kappa shape index (κ3) is 1.93. The lowest BCUT2D eigenvalue weighted by Gasteiger charge is -2.05. The van der Waals surface area contributed by atoms with E-state index < -0.39 is 0 Å². The lowest BCUT2D eigenvalue weighted by Crippen LogP contribution is -1.79. The maximum Gasteiger partial charge on any atom is 0.123 e. The van der Waals surface area contributed by atoms with Crippen LogP contribution >= 0.6 is 11.8 Å². The zero-order chi connectivity index (χ0) is 10.7. The minimum atomic E-state index is 0.315. The molecule has 0 bridgehead atoms. The molecule has 0 heterocycles. The Morgan fingerprint density at radius 2 is 1.87 bits per heavy atom. The highest BCUT2D eigenvalue weighted by atomic mass is 32.2. The van der Waals surface area contributed by atoms with Crippen LogP contribution in [0.15, 0.2) is 41.3 Å². The van der Waals surface area contributed by atoms with E-state index >= 15 is 0 Å². The van der Waals surface area contributed by atoms with E-state index in [1.807, 2.05) is 30.3 Å². The highest BCUT2D eigenvalue weighted by Crippen LogP contribution is 2.32. The molecule has 0 aliphatic heterocycles. The number of hydrogen-bond donors (Lipinski definition) is 1. The van der Waals surface area contributed by atoms with Crippen molar-refractivity contribution in [2.75, 3.05) is 5.75 Å². The monoisotopic (exact) mass is 214 g/mol. The first kappa shape index (κ1) is 9.95. The first-order valence-electron chi connectivity index (χ1n) is 4.60. The number of benzene rings is 2. The van der Waals surface area contributed by atoms with Crippen LogP contribution in [0.4, 0.5) is 0 Å². The fourth-order valence-corrected chi connectivity index (χ4v) is 2.24. The Labute approximate surface area is 93.1 Å². The standard InChI is InChI=1S/C13H10OS/c1-2-9-15-13-8-7-12(14)10-5-3-4-6-11(10)13/h1,3-8,14H,9H2. The fourth-order valence-electron chi connectivity index (χ4n) is 1.50. The molecule has 0 spiro atoms. The van der Waals surface area contributed by atoms with Crippen LogP contribution in [0, 0.1) is 12.3 Å². The van der Waals surface area contributed by atoms with Crippen LogP contribution in [-0.4, -0.2) is 10.9 Å². The third-order valence-corrected chi connectivity index (χ3v) is 3.15. The minimum Gasteiger partial charge on any atom is -0.507 e. The van der Waals surface area contributed by atoms with Crippen molar-refractivity contribution in [2.45, 2.75) is 4.90 Å². The summed E-state index contributed by atoms with van der Waals surface area (Å²) in [4.78, 5) is 1.11. The van der Waals surface area contributed by atoms with Gasteiger partial charge in [-0.2, -0.15) is 0 Å². The van der Waals surface area contributed by atoms with Gasteiger partial charge in [-0.1, -0.05) is 30.2 Å². The Bertz CT molecular complexity index is 526. The number of thioether (sulfide) groups is 1. The van der Waals surface area contributed by atoms with E-state index in [-0.39, 0.29) is 0 Å². The summed E-state index contributed by atoms with van der Waals surface area (Å²) < 4.78 is 0. The summed E-state index contributed by atoms with van der Waals surface area (Å²) in [5, 5.41) is 11.6. The molecule has 0 saturated heterocycles. The fraction of sp³-hybridized carbons (Fsp3) is 0.0769. The molecule has 0 amide bonds. The molecule has 74 valence electrons. The van der Waals surface area contributed by atoms with Crippen molar-refractivity contribution in [1.29, 1.82) is 0 Å². The zero-order valence-corrected chi connectivity index (χ0v) is 8.92. The SMILES string of the molecule is C#CCSc1ccc(O)c2ccccc12. The van der Waals surface area contributed by atoms with Crippen LogP contribution in [0.1, 0.15) is 0 Å². The first-order valence-corrected chi connectivity index (χ1v) is 5.58. The molecule has 2 aromatic rings. The zero-order valence-electron chi connectivity index (χ0n) is 8.10. The predicted molar refractivity (Wildman–Crippen MR) is 65.2 cm³/mol. The molecule has 0 unspecified atom stereocenters. The Balaban J connectivity index is 2.57. The van der Waals surface area contributed by atoms with Gasteiger partial charge >= 0.3 is 0 Å². The number of hydrogen-bond acceptors (Lipinski definition) is 2. The summed E-state index contributed by atoms with van der Waals surface area (Å²) in [5.74, 6) is 3.56. The van der Waals surface area contributed by atoms with Gasteiger partial charge in [0.15, 0.2) is 0 Å². The smallest absolute Gasteiger partial charge is 0.123 e. The third-order valence-electron chi connectivity index (χ3n) is 2.17. The number of phenolic OH excluding ortho intramolecular Hbond substituents is 1. The first-order chi connectivity index (χ1) is 7.33. The van der Waals surface area contributed by atoms with Crippen LogP contribution in [0.25, 0.3) is 10.8 Å². The Kier molecular flexibility index (Phi) is 2.84. The van der Waals surface area contributed by atoms with Gasteiger partial charge in [0.1, 0.15) is 5.75 Å². The van der Waals surface area contributed by atoms with Crippen molar-refractivity contribution in [3.8, 4) is 18.1 Å². The number of fused-ring (bicyclic) bond motifs is 1. The van der Waals surface area contributed by atoms with Crippen molar-refractivity contribution >= 4 is 22.5 Å². The van der Waals surface area contributed by atoms with Crippen LogP contribution in [0.5, 0.6) is 5.75 Å². The largest absolute Gasteiger partial charge is 0.507 e. The second-order valence-corrected chi connectivity index (χ2v) is 4.14. The lowest BCUT2D eigenvalue weighted by atomic mass is 10.1. The molecule has 0 aliphatic carbocycles. The van der Waals surface area contributed by atoms with Crippen molar-refractivity contribution in [3.63, 3.8) is 0 Å². The van der Waals surface area contributed by atoms with Gasteiger partial charge in [-0.15, -0.1) is 18.2 Å². The lowest BCUT2D eigenvalue weighted by molar-refractivity contribution is 0.481. The maximum atomic E-state index is 9.67. The van der Waals surface area contributed by atoms with Crippen molar-refractivity contribution in [1.82, 2.24) is 0 Å². The molecule has 0 fully saturated rings. The number of terminal acetylenes is 1. The van der Waals surface area contributed by atoms with E-state index in [1.54, 1.807) is 17.8 Å². The van der Waals surface area contributed by atoms with Crippen LogP contribution in [0.2, 0.25) is 0 Å². The molecule has 0 aromatic heterocycles. The number of aromatic hydroxyl groups is 1. The van der Waals surface area contributed by atoms with Gasteiger partial charge in [-0.25, -0.2) is 0 Å². The Morgan fingerprint density at radius 1 is 1.13 bits per heavy atom. The van der Waals surface area contributed by atoms with Crippen molar-refractivity contribution < 1.29 is 5.11 Å². The van der Waals surface area contributed by atoms with Crippen LogP contribution in [-0.2, 0) is 0 Å². The van der Waals surface area contributed by atoms with Gasteiger partial charge in [0.05, 0.1) is 5.75 Å². The molecule has 0 radical (unpaired) electrons. The van der Waals surface area contributed by atoms with Crippen molar-refractivity contribution in [3.05, 3.63) is 36.4 Å². The normalized spacial score (nSPS) is 10.1. The number of phenols is 1. The summed E-state index contributed by atoms with van der Waals surface area (Å²) >= 11 is 1.61. The van der Waals surface area contributed by atoms with Gasteiger partial charge in [0.2, 0.25) is 0 Å². The van der Waals surface area contributed by atoms with Gasteiger partial charge < -0.3 is 5.11 Å². The van der Waals surface area contributed by atoms with Crippen molar-refractivity contribution in [2.24, 2.45) is 0 Å². The van der Waals surface area contributed by atoms with Crippen LogP contribution < -0.4 is 0 Å². The molecule has 0 atom stereocenters. The molecular weight excluding hydrogens is 204 g/mol. The molecule has 2 aromatic carbocycles. The predicted octanol–water partition coefficient (Wildman–Crippen LogP) is 3.27. The van der Waals surface area contributed by atoms with E-state index in [4.69, 9.17) is 6.42 Å². The molecule has 0 saturated carbocycles. The second kappa shape index (κ2) is 4.29. The van der Waals surface area contributed by atoms with Crippen LogP contribution in [0.3, 0.4) is 0 Å². The van der Waals surface area contributed by atoms with Gasteiger partial charge in [0.25, 0.3) is 0 Å². The number of rotatable bonds is 2. The van der Waals surface area contributed by atoms with Gasteiger partial charge in [-0.3, -0.25) is 0 Å². The second-order valence-electron chi connectivity index (χ2n) is 3.12. The minimum absolute atomic E-state index is 0.315. The molecular formula is C13H10OS. The highest BCUT2D eigenvalue weighted by Gasteiger charge is 2.03. The Hall–Kier alpha value is -1.59.